The van der Waals surface area contributed by atoms with E-state index in [0.717, 1.165) is 29.3 Å². The molecule has 0 unspecified atom stereocenters. The Morgan fingerprint density at radius 1 is 1.24 bits per heavy atom. The molecule has 1 aromatic heterocycles. The number of piperazine rings is 1. The summed E-state index contributed by atoms with van der Waals surface area (Å²) in [6.07, 6.45) is -4.86. The molecule has 0 atom stereocenters. The number of rotatable bonds is 4. The van der Waals surface area contributed by atoms with Gasteiger partial charge in [-0.05, 0) is 6.92 Å². The van der Waals surface area contributed by atoms with Gasteiger partial charge in [0.2, 0.25) is 5.91 Å². The number of carbonyl (C=O) groups is 1. The van der Waals surface area contributed by atoms with Crippen molar-refractivity contribution in [1.29, 1.82) is 0 Å². The fraction of sp³-hybridized carbons (Fsp3) is 0.786. The van der Waals surface area contributed by atoms with Crippen LogP contribution in [0.5, 0.6) is 0 Å². The van der Waals surface area contributed by atoms with Crippen LogP contribution in [0.1, 0.15) is 18.1 Å². The van der Waals surface area contributed by atoms with E-state index in [1.54, 1.807) is 4.90 Å². The van der Waals surface area contributed by atoms with Gasteiger partial charge in [-0.25, -0.2) is 4.98 Å². The van der Waals surface area contributed by atoms with Crippen molar-refractivity contribution in [2.75, 3.05) is 37.7 Å². The normalized spacial score (nSPS) is 21.7. The topological polar surface area (TPSA) is 65.1 Å². The molecule has 0 saturated carbocycles. The first kappa shape index (κ1) is 18.8. The van der Waals surface area contributed by atoms with E-state index in [9.17, 15) is 18.0 Å². The minimum absolute atomic E-state index is 0.410. The molecule has 11 heteroatoms. The van der Waals surface area contributed by atoms with Gasteiger partial charge in [0.25, 0.3) is 0 Å². The van der Waals surface area contributed by atoms with E-state index in [1.165, 1.54) is 0 Å². The van der Waals surface area contributed by atoms with Gasteiger partial charge in [0, 0.05) is 37.7 Å². The molecular formula is C14H20F3N5OS2. The zero-order valence-electron chi connectivity index (χ0n) is 13.8. The molecule has 2 fully saturated rings. The molecule has 1 aromatic rings. The van der Waals surface area contributed by atoms with Gasteiger partial charge in [-0.15, -0.1) is 23.5 Å². The van der Waals surface area contributed by atoms with Crippen molar-refractivity contribution >= 4 is 29.4 Å². The quantitative estimate of drug-likeness (QED) is 0.840. The zero-order chi connectivity index (χ0) is 18.1. The minimum Gasteiger partial charge on any atom is -0.340 e. The Labute approximate surface area is 152 Å². The molecule has 6 nitrogen and oxygen atoms in total. The van der Waals surface area contributed by atoms with E-state index in [0.29, 0.717) is 50.1 Å². The molecule has 0 radical (unpaired) electrons. The number of aromatic amines is 1. The standard InChI is InChI=1S/C14H20F3N5OS2/c1-10-18-11(20-19-10)9-21-2-4-22(5-3-21)12(23)8-13(14(15,16)17)24-6-7-25-13/h2-9H2,1H3,(H,18,19,20). The first-order valence-electron chi connectivity index (χ1n) is 8.02. The number of halogens is 3. The maximum Gasteiger partial charge on any atom is 0.412 e. The van der Waals surface area contributed by atoms with Crippen molar-refractivity contribution in [2.24, 2.45) is 0 Å². The van der Waals surface area contributed by atoms with Gasteiger partial charge in [0.15, 0.2) is 9.90 Å². The van der Waals surface area contributed by atoms with Crippen LogP contribution in [0.3, 0.4) is 0 Å². The highest BCUT2D eigenvalue weighted by Gasteiger charge is 2.59. The number of aryl methyl sites for hydroxylation is 1. The summed E-state index contributed by atoms with van der Waals surface area (Å²) in [7, 11) is 0. The Hall–Kier alpha value is -0.940. The lowest BCUT2D eigenvalue weighted by atomic mass is 10.2. The van der Waals surface area contributed by atoms with Gasteiger partial charge in [-0.2, -0.15) is 18.3 Å². The highest BCUT2D eigenvalue weighted by atomic mass is 32.2. The van der Waals surface area contributed by atoms with E-state index in [2.05, 4.69) is 20.1 Å². The second-order valence-corrected chi connectivity index (χ2v) is 9.16. The zero-order valence-corrected chi connectivity index (χ0v) is 15.4. The number of aromatic nitrogens is 3. The van der Waals surface area contributed by atoms with Gasteiger partial charge in [-0.3, -0.25) is 14.8 Å². The third-order valence-corrected chi connectivity index (χ3v) is 7.77. The number of carbonyl (C=O) groups excluding carboxylic acids is 1. The summed E-state index contributed by atoms with van der Waals surface area (Å²) in [4.78, 5) is 20.3. The summed E-state index contributed by atoms with van der Waals surface area (Å²) >= 11 is 1.71. The third-order valence-electron chi connectivity index (χ3n) is 4.30. The van der Waals surface area contributed by atoms with Crippen LogP contribution in [0.25, 0.3) is 0 Å². The van der Waals surface area contributed by atoms with Crippen LogP contribution in [-0.2, 0) is 11.3 Å². The number of hydrogen-bond donors (Lipinski definition) is 1. The molecule has 2 aliphatic heterocycles. The van der Waals surface area contributed by atoms with E-state index < -0.39 is 22.6 Å². The van der Waals surface area contributed by atoms with Crippen LogP contribution >= 0.6 is 23.5 Å². The van der Waals surface area contributed by atoms with Crippen LogP contribution < -0.4 is 0 Å². The molecule has 2 saturated heterocycles. The third kappa shape index (κ3) is 4.25. The lowest BCUT2D eigenvalue weighted by molar-refractivity contribution is -0.151. The maximum absolute atomic E-state index is 13.4. The summed E-state index contributed by atoms with van der Waals surface area (Å²) in [6.45, 7) is 4.49. The van der Waals surface area contributed by atoms with Crippen LogP contribution in [0.15, 0.2) is 0 Å². The molecule has 0 aliphatic carbocycles. The first-order valence-corrected chi connectivity index (χ1v) is 9.99. The lowest BCUT2D eigenvalue weighted by Crippen LogP contribution is -2.51. The fourth-order valence-corrected chi connectivity index (χ4v) is 5.88. The van der Waals surface area contributed by atoms with Gasteiger partial charge in [-0.1, -0.05) is 0 Å². The largest absolute Gasteiger partial charge is 0.412 e. The van der Waals surface area contributed by atoms with E-state index in [4.69, 9.17) is 0 Å². The molecule has 0 spiro atoms. The number of H-pyrrole nitrogens is 1. The lowest BCUT2D eigenvalue weighted by Gasteiger charge is -2.36. The Morgan fingerprint density at radius 2 is 1.88 bits per heavy atom. The van der Waals surface area contributed by atoms with Gasteiger partial charge in [0.1, 0.15) is 5.82 Å². The number of nitrogens with one attached hydrogen (secondary N) is 1. The van der Waals surface area contributed by atoms with Crippen molar-refractivity contribution in [2.45, 2.75) is 30.1 Å². The van der Waals surface area contributed by atoms with Crippen molar-refractivity contribution in [3.63, 3.8) is 0 Å². The number of thioether (sulfide) groups is 2. The number of hydrogen-bond acceptors (Lipinski definition) is 6. The van der Waals surface area contributed by atoms with Crippen molar-refractivity contribution in [1.82, 2.24) is 25.0 Å². The first-order chi connectivity index (χ1) is 11.8. The molecule has 3 heterocycles. The smallest absolute Gasteiger partial charge is 0.340 e. The Bertz CT molecular complexity index is 610. The van der Waals surface area contributed by atoms with Crippen molar-refractivity contribution in [3.05, 3.63) is 11.6 Å². The molecule has 25 heavy (non-hydrogen) atoms. The second kappa shape index (κ2) is 7.36. The van der Waals surface area contributed by atoms with Crippen molar-refractivity contribution in [3.8, 4) is 0 Å². The molecule has 1 N–H and O–H groups in total. The SMILES string of the molecule is Cc1nc(CN2CCN(C(=O)CC3(C(F)(F)F)SCCS3)CC2)n[nH]1. The molecule has 3 rings (SSSR count). The molecule has 0 aromatic carbocycles. The monoisotopic (exact) mass is 395 g/mol. The minimum atomic E-state index is -4.38. The summed E-state index contributed by atoms with van der Waals surface area (Å²) in [5, 5.41) is 6.86. The molecular weight excluding hydrogens is 375 g/mol. The van der Waals surface area contributed by atoms with Crippen LogP contribution in [0, 0.1) is 6.92 Å². The summed E-state index contributed by atoms with van der Waals surface area (Å²) in [5.74, 6) is 1.88. The molecule has 140 valence electrons. The van der Waals surface area contributed by atoms with E-state index >= 15 is 0 Å². The van der Waals surface area contributed by atoms with Gasteiger partial charge in [0.05, 0.1) is 13.0 Å². The average Bonchev–Trinajstić information content (AvgIpc) is 3.17. The second-order valence-electron chi connectivity index (χ2n) is 6.12. The van der Waals surface area contributed by atoms with Crippen LogP contribution in [0.2, 0.25) is 0 Å². The summed E-state index contributed by atoms with van der Waals surface area (Å²) < 4.78 is 38.3. The Balaban J connectivity index is 1.53. The van der Waals surface area contributed by atoms with Crippen LogP contribution in [-0.4, -0.2) is 78.8 Å². The Morgan fingerprint density at radius 3 is 2.40 bits per heavy atom. The highest BCUT2D eigenvalue weighted by molar-refractivity contribution is 8.21. The predicted octanol–water partition coefficient (Wildman–Crippen LogP) is 1.89. The van der Waals surface area contributed by atoms with E-state index in [-0.39, 0.29) is 0 Å². The highest BCUT2D eigenvalue weighted by Crippen LogP contribution is 2.56. The van der Waals surface area contributed by atoms with Crippen LogP contribution in [0.4, 0.5) is 13.2 Å². The van der Waals surface area contributed by atoms with Gasteiger partial charge >= 0.3 is 6.18 Å². The maximum atomic E-state index is 13.4. The van der Waals surface area contributed by atoms with E-state index in [1.807, 2.05) is 6.92 Å². The Kier molecular flexibility index (Phi) is 5.54. The molecule has 1 amide bonds. The number of amides is 1. The number of nitrogens with zero attached hydrogens (tertiary/aromatic N) is 4. The van der Waals surface area contributed by atoms with Crippen molar-refractivity contribution < 1.29 is 18.0 Å². The predicted molar refractivity (Wildman–Crippen MR) is 91.3 cm³/mol. The fourth-order valence-electron chi connectivity index (χ4n) is 2.95. The summed E-state index contributed by atoms with van der Waals surface area (Å²) in [6, 6.07) is 0. The van der Waals surface area contributed by atoms with Gasteiger partial charge < -0.3 is 4.90 Å². The summed E-state index contributed by atoms with van der Waals surface area (Å²) in [5.41, 5.74) is 0. The molecule has 0 bridgehead atoms. The average molecular weight is 395 g/mol. The number of alkyl halides is 3. The molecule has 2 aliphatic rings.